The molecule has 0 spiro atoms. The minimum absolute atomic E-state index is 0.0973. The molecule has 3 aromatic rings. The summed E-state index contributed by atoms with van der Waals surface area (Å²) in [4.78, 5) is 17.4. The number of para-hydroxylation sites is 2. The van der Waals surface area contributed by atoms with E-state index < -0.39 is 0 Å². The monoisotopic (exact) mass is 449 g/mol. The van der Waals surface area contributed by atoms with Gasteiger partial charge in [0.2, 0.25) is 0 Å². The molecule has 1 amide bonds. The van der Waals surface area contributed by atoms with Gasteiger partial charge < -0.3 is 10.2 Å². The summed E-state index contributed by atoms with van der Waals surface area (Å²) < 4.78 is 0.875. The van der Waals surface area contributed by atoms with Crippen molar-refractivity contribution in [3.63, 3.8) is 0 Å². The lowest BCUT2D eigenvalue weighted by Gasteiger charge is -2.36. The van der Waals surface area contributed by atoms with Crippen molar-refractivity contribution >= 4 is 33.2 Å². The molecule has 148 valence electrons. The second-order valence-corrected chi connectivity index (χ2v) is 8.08. The van der Waals surface area contributed by atoms with Crippen LogP contribution < -0.4 is 10.2 Å². The number of nitrogens with one attached hydrogen (secondary N) is 1. The zero-order valence-corrected chi connectivity index (χ0v) is 17.8. The summed E-state index contributed by atoms with van der Waals surface area (Å²) in [6, 6.07) is 26.1. The van der Waals surface area contributed by atoms with E-state index in [1.54, 1.807) is 0 Å². The van der Waals surface area contributed by atoms with Gasteiger partial charge in [0.15, 0.2) is 0 Å². The van der Waals surface area contributed by atoms with Crippen molar-refractivity contribution < 1.29 is 4.79 Å². The van der Waals surface area contributed by atoms with Crippen molar-refractivity contribution in [3.05, 3.63) is 94.5 Å². The Hall–Kier alpha value is -2.63. The van der Waals surface area contributed by atoms with E-state index in [-0.39, 0.29) is 5.91 Å². The number of nitrogens with zero attached hydrogens (tertiary/aromatic N) is 2. The van der Waals surface area contributed by atoms with Gasteiger partial charge in [-0.1, -0.05) is 42.5 Å². The van der Waals surface area contributed by atoms with Crippen LogP contribution in [0.15, 0.2) is 83.3 Å². The molecule has 29 heavy (non-hydrogen) atoms. The Labute approximate surface area is 180 Å². The molecular formula is C24H24BrN3O. The van der Waals surface area contributed by atoms with E-state index in [0.717, 1.165) is 42.9 Å². The van der Waals surface area contributed by atoms with Gasteiger partial charge >= 0.3 is 0 Å². The number of anilines is 2. The van der Waals surface area contributed by atoms with Gasteiger partial charge in [0.1, 0.15) is 0 Å². The number of amides is 1. The molecule has 0 radical (unpaired) electrons. The maximum absolute atomic E-state index is 12.5. The number of halogens is 1. The SMILES string of the molecule is O=C(Nc1ccccc1Br)c1ccc(CN2CCN(c3ccccc3)CC2)cc1. The maximum atomic E-state index is 12.5. The van der Waals surface area contributed by atoms with Gasteiger partial charge in [-0.05, 0) is 57.9 Å². The lowest BCUT2D eigenvalue weighted by atomic mass is 10.1. The van der Waals surface area contributed by atoms with Crippen molar-refractivity contribution in [2.24, 2.45) is 0 Å². The van der Waals surface area contributed by atoms with Crippen LogP contribution in [0.25, 0.3) is 0 Å². The van der Waals surface area contributed by atoms with E-state index >= 15 is 0 Å². The molecule has 0 bridgehead atoms. The molecule has 1 saturated heterocycles. The minimum Gasteiger partial charge on any atom is -0.369 e. The summed E-state index contributed by atoms with van der Waals surface area (Å²) in [7, 11) is 0. The number of carbonyl (C=O) groups excluding carboxylic acids is 1. The van der Waals surface area contributed by atoms with E-state index in [2.05, 4.69) is 73.5 Å². The topological polar surface area (TPSA) is 35.6 Å². The number of carbonyl (C=O) groups is 1. The first-order chi connectivity index (χ1) is 14.2. The zero-order valence-electron chi connectivity index (χ0n) is 16.2. The molecule has 4 nitrogen and oxygen atoms in total. The number of rotatable bonds is 5. The highest BCUT2D eigenvalue weighted by Crippen LogP contribution is 2.22. The molecule has 1 fully saturated rings. The Balaban J connectivity index is 1.31. The summed E-state index contributed by atoms with van der Waals surface area (Å²) in [6.07, 6.45) is 0. The fourth-order valence-corrected chi connectivity index (χ4v) is 3.96. The van der Waals surface area contributed by atoms with E-state index in [9.17, 15) is 4.79 Å². The van der Waals surface area contributed by atoms with E-state index in [4.69, 9.17) is 0 Å². The molecule has 0 unspecified atom stereocenters. The van der Waals surface area contributed by atoms with E-state index in [0.29, 0.717) is 5.56 Å². The van der Waals surface area contributed by atoms with Gasteiger partial charge in [0, 0.05) is 48.4 Å². The molecule has 0 atom stereocenters. The average molecular weight is 450 g/mol. The van der Waals surface area contributed by atoms with E-state index in [1.165, 1.54) is 11.3 Å². The third-order valence-corrected chi connectivity index (χ3v) is 5.93. The Morgan fingerprint density at radius 2 is 1.48 bits per heavy atom. The molecule has 0 aromatic heterocycles. The molecule has 1 aliphatic rings. The van der Waals surface area contributed by atoms with Crippen LogP contribution in [0.4, 0.5) is 11.4 Å². The zero-order chi connectivity index (χ0) is 20.1. The Bertz CT molecular complexity index is 951. The van der Waals surface area contributed by atoms with Crippen molar-refractivity contribution in [3.8, 4) is 0 Å². The molecule has 4 rings (SSSR count). The fraction of sp³-hybridized carbons (Fsp3) is 0.208. The fourth-order valence-electron chi connectivity index (χ4n) is 3.58. The molecule has 1 aliphatic heterocycles. The van der Waals surface area contributed by atoms with Crippen LogP contribution in [-0.2, 0) is 6.54 Å². The summed E-state index contributed by atoms with van der Waals surface area (Å²) >= 11 is 3.46. The number of piperazine rings is 1. The normalized spacial score (nSPS) is 14.6. The number of benzene rings is 3. The second-order valence-electron chi connectivity index (χ2n) is 7.23. The van der Waals surface area contributed by atoms with Crippen LogP contribution in [0.1, 0.15) is 15.9 Å². The molecule has 0 saturated carbocycles. The van der Waals surface area contributed by atoms with Gasteiger partial charge in [-0.3, -0.25) is 9.69 Å². The van der Waals surface area contributed by atoms with Crippen molar-refractivity contribution in [2.75, 3.05) is 36.4 Å². The largest absolute Gasteiger partial charge is 0.369 e. The average Bonchev–Trinajstić information content (AvgIpc) is 2.77. The first-order valence-electron chi connectivity index (χ1n) is 9.86. The van der Waals surface area contributed by atoms with Gasteiger partial charge in [-0.25, -0.2) is 0 Å². The van der Waals surface area contributed by atoms with Crippen LogP contribution in [-0.4, -0.2) is 37.0 Å². The highest BCUT2D eigenvalue weighted by Gasteiger charge is 2.17. The molecule has 5 heteroatoms. The minimum atomic E-state index is -0.0973. The number of hydrogen-bond acceptors (Lipinski definition) is 3. The van der Waals surface area contributed by atoms with Crippen molar-refractivity contribution in [2.45, 2.75) is 6.54 Å². The smallest absolute Gasteiger partial charge is 0.255 e. The summed E-state index contributed by atoms with van der Waals surface area (Å²) in [5.41, 5.74) is 3.97. The van der Waals surface area contributed by atoms with Crippen molar-refractivity contribution in [1.29, 1.82) is 0 Å². The highest BCUT2D eigenvalue weighted by molar-refractivity contribution is 9.10. The summed E-state index contributed by atoms with van der Waals surface area (Å²) in [5, 5.41) is 2.95. The van der Waals surface area contributed by atoms with Gasteiger partial charge in [-0.2, -0.15) is 0 Å². The highest BCUT2D eigenvalue weighted by atomic mass is 79.9. The third-order valence-electron chi connectivity index (χ3n) is 5.24. The van der Waals surface area contributed by atoms with Crippen LogP contribution in [0.2, 0.25) is 0 Å². The van der Waals surface area contributed by atoms with Crippen LogP contribution in [0.5, 0.6) is 0 Å². The predicted molar refractivity (Wildman–Crippen MR) is 122 cm³/mol. The van der Waals surface area contributed by atoms with E-state index in [1.807, 2.05) is 36.4 Å². The van der Waals surface area contributed by atoms with Crippen molar-refractivity contribution in [1.82, 2.24) is 4.90 Å². The van der Waals surface area contributed by atoms with Gasteiger partial charge in [-0.15, -0.1) is 0 Å². The lowest BCUT2D eigenvalue weighted by Crippen LogP contribution is -2.45. The molecule has 1 heterocycles. The summed E-state index contributed by atoms with van der Waals surface area (Å²) in [6.45, 7) is 5.07. The van der Waals surface area contributed by atoms with Crippen LogP contribution in [0.3, 0.4) is 0 Å². The molecule has 1 N–H and O–H groups in total. The molecule has 3 aromatic carbocycles. The second kappa shape index (κ2) is 9.25. The predicted octanol–water partition coefficient (Wildman–Crippen LogP) is 5.02. The number of hydrogen-bond donors (Lipinski definition) is 1. The lowest BCUT2D eigenvalue weighted by molar-refractivity contribution is 0.102. The van der Waals surface area contributed by atoms with Gasteiger partial charge in [0.25, 0.3) is 5.91 Å². The standard InChI is InChI=1S/C24H24BrN3O/c25-22-8-4-5-9-23(22)26-24(29)20-12-10-19(11-13-20)18-27-14-16-28(17-15-27)21-6-2-1-3-7-21/h1-13H,14-18H2,(H,26,29). The molecule has 0 aliphatic carbocycles. The molecular weight excluding hydrogens is 426 g/mol. The van der Waals surface area contributed by atoms with Crippen LogP contribution >= 0.6 is 15.9 Å². The van der Waals surface area contributed by atoms with Crippen LogP contribution in [0, 0.1) is 0 Å². The Morgan fingerprint density at radius 3 is 2.17 bits per heavy atom. The van der Waals surface area contributed by atoms with Gasteiger partial charge in [0.05, 0.1) is 5.69 Å². The quantitative estimate of drug-likeness (QED) is 0.593. The summed E-state index contributed by atoms with van der Waals surface area (Å²) in [5.74, 6) is -0.0973. The maximum Gasteiger partial charge on any atom is 0.255 e. The third kappa shape index (κ3) is 5.05. The Kier molecular flexibility index (Phi) is 6.27. The Morgan fingerprint density at radius 1 is 0.828 bits per heavy atom. The first-order valence-corrected chi connectivity index (χ1v) is 10.7. The first kappa shape index (κ1) is 19.7.